The number of nitrogens with one attached hydrogen (secondary N) is 4. The third-order valence-electron chi connectivity index (χ3n) is 6.68. The lowest BCUT2D eigenvalue weighted by atomic mass is 10.00. The standard InChI is InChI=1S/C30H37N7O5S/c1-2-43(41,42)37-26(16-19-6-10-21(11-7-19)23-4-3-5-24(31)17-23)30(40)36-25(14-15-27(32)38)29(39)35-18-20-8-12-22(13-9-20)28(33)34/h3-13,17,25-26,37H,2,14-16,18,31H2,1H3,(H2,32,38)(H3,33,34)(H,35,39)(H,36,40)/t25-,26+/m0/s1. The van der Waals surface area contributed by atoms with Gasteiger partial charge in [-0.3, -0.25) is 19.8 Å². The maximum atomic E-state index is 13.4. The highest BCUT2D eigenvalue weighted by Crippen LogP contribution is 2.22. The van der Waals surface area contributed by atoms with E-state index in [2.05, 4.69) is 15.4 Å². The third-order valence-corrected chi connectivity index (χ3v) is 8.08. The van der Waals surface area contributed by atoms with Crippen LogP contribution in [0.15, 0.2) is 72.8 Å². The number of carbonyl (C=O) groups is 3. The Balaban J connectivity index is 1.76. The Morgan fingerprint density at radius 3 is 2.09 bits per heavy atom. The summed E-state index contributed by atoms with van der Waals surface area (Å²) in [6.07, 6.45) is -0.254. The maximum Gasteiger partial charge on any atom is 0.242 e. The number of anilines is 1. The van der Waals surface area contributed by atoms with Crippen LogP contribution in [0.3, 0.4) is 0 Å². The number of primary amides is 1. The minimum Gasteiger partial charge on any atom is -0.399 e. The molecule has 0 unspecified atom stereocenters. The fraction of sp³-hybridized carbons (Fsp3) is 0.267. The maximum absolute atomic E-state index is 13.4. The van der Waals surface area contributed by atoms with Crippen molar-refractivity contribution in [3.8, 4) is 11.1 Å². The first kappa shape index (κ1) is 32.8. The summed E-state index contributed by atoms with van der Waals surface area (Å²) >= 11 is 0. The molecule has 10 N–H and O–H groups in total. The Bertz CT molecular complexity index is 1560. The van der Waals surface area contributed by atoms with Gasteiger partial charge in [-0.2, -0.15) is 0 Å². The molecule has 3 amide bonds. The molecule has 43 heavy (non-hydrogen) atoms. The highest BCUT2D eigenvalue weighted by Gasteiger charge is 2.28. The highest BCUT2D eigenvalue weighted by molar-refractivity contribution is 7.89. The largest absolute Gasteiger partial charge is 0.399 e. The topological polar surface area (TPSA) is 223 Å². The molecule has 0 saturated carbocycles. The summed E-state index contributed by atoms with van der Waals surface area (Å²) in [4.78, 5) is 38.0. The summed E-state index contributed by atoms with van der Waals surface area (Å²) in [6, 6.07) is 18.9. The fourth-order valence-electron chi connectivity index (χ4n) is 4.22. The molecule has 0 heterocycles. The third kappa shape index (κ3) is 10.2. The van der Waals surface area contributed by atoms with E-state index in [-0.39, 0.29) is 37.4 Å². The first-order valence-electron chi connectivity index (χ1n) is 13.6. The molecule has 0 spiro atoms. The van der Waals surface area contributed by atoms with Gasteiger partial charge < -0.3 is 27.8 Å². The van der Waals surface area contributed by atoms with Crippen LogP contribution in [-0.2, 0) is 37.4 Å². The van der Waals surface area contributed by atoms with E-state index in [0.29, 0.717) is 22.4 Å². The molecule has 0 aromatic heterocycles. The summed E-state index contributed by atoms with van der Waals surface area (Å²) in [5.41, 5.74) is 21.0. The van der Waals surface area contributed by atoms with E-state index in [1.807, 2.05) is 30.3 Å². The molecule has 0 radical (unpaired) electrons. The van der Waals surface area contributed by atoms with Gasteiger partial charge in [0.05, 0.1) is 5.75 Å². The van der Waals surface area contributed by atoms with Crippen LogP contribution in [0.25, 0.3) is 11.1 Å². The molecule has 0 aliphatic carbocycles. The number of carbonyl (C=O) groups excluding carboxylic acids is 3. The van der Waals surface area contributed by atoms with Gasteiger partial charge in [-0.05, 0) is 54.2 Å². The predicted octanol–water partition coefficient (Wildman–Crippen LogP) is 1.14. The van der Waals surface area contributed by atoms with Gasteiger partial charge in [-0.15, -0.1) is 0 Å². The first-order chi connectivity index (χ1) is 20.4. The lowest BCUT2D eigenvalue weighted by molar-refractivity contribution is -0.130. The number of hydrogen-bond acceptors (Lipinski definition) is 7. The summed E-state index contributed by atoms with van der Waals surface area (Å²) < 4.78 is 27.4. The molecular formula is C30H37N7O5S. The van der Waals surface area contributed by atoms with E-state index >= 15 is 0 Å². The zero-order valence-electron chi connectivity index (χ0n) is 23.8. The number of nitrogens with two attached hydrogens (primary N) is 3. The summed E-state index contributed by atoms with van der Waals surface area (Å²) in [5, 5.41) is 12.8. The van der Waals surface area contributed by atoms with Crippen molar-refractivity contribution in [3.63, 3.8) is 0 Å². The van der Waals surface area contributed by atoms with Crippen LogP contribution in [0.5, 0.6) is 0 Å². The average molecular weight is 608 g/mol. The molecular weight excluding hydrogens is 570 g/mol. The van der Waals surface area contributed by atoms with Crippen molar-refractivity contribution < 1.29 is 22.8 Å². The van der Waals surface area contributed by atoms with Gasteiger partial charge in [0.25, 0.3) is 0 Å². The van der Waals surface area contributed by atoms with Gasteiger partial charge in [0, 0.05) is 24.2 Å². The van der Waals surface area contributed by atoms with Gasteiger partial charge in [0.1, 0.15) is 17.9 Å². The van der Waals surface area contributed by atoms with E-state index in [4.69, 9.17) is 22.6 Å². The van der Waals surface area contributed by atoms with Gasteiger partial charge in [-0.1, -0.05) is 60.7 Å². The number of benzene rings is 3. The normalized spacial score (nSPS) is 12.6. The van der Waals surface area contributed by atoms with Crippen LogP contribution in [0.1, 0.15) is 36.5 Å². The molecule has 0 saturated heterocycles. The van der Waals surface area contributed by atoms with Crippen LogP contribution in [0, 0.1) is 5.41 Å². The second-order valence-electron chi connectivity index (χ2n) is 9.99. The molecule has 0 aliphatic heterocycles. The number of amides is 3. The first-order valence-corrected chi connectivity index (χ1v) is 15.3. The molecule has 2 atom stereocenters. The van der Waals surface area contributed by atoms with Crippen LogP contribution in [0.2, 0.25) is 0 Å². The minimum absolute atomic E-state index is 0.00886. The van der Waals surface area contributed by atoms with E-state index < -0.39 is 39.8 Å². The number of rotatable bonds is 15. The Hall–Kier alpha value is -4.75. The van der Waals surface area contributed by atoms with Crippen LogP contribution in [0.4, 0.5) is 5.69 Å². The zero-order valence-corrected chi connectivity index (χ0v) is 24.6. The Morgan fingerprint density at radius 1 is 0.860 bits per heavy atom. The van der Waals surface area contributed by atoms with E-state index in [9.17, 15) is 22.8 Å². The van der Waals surface area contributed by atoms with Crippen molar-refractivity contribution in [1.82, 2.24) is 15.4 Å². The molecule has 12 nitrogen and oxygen atoms in total. The molecule has 13 heteroatoms. The lowest BCUT2D eigenvalue weighted by Gasteiger charge is -2.23. The number of amidine groups is 1. The highest BCUT2D eigenvalue weighted by atomic mass is 32.2. The van der Waals surface area contributed by atoms with Crippen molar-refractivity contribution in [1.29, 1.82) is 5.41 Å². The second-order valence-corrected chi connectivity index (χ2v) is 12.0. The second kappa shape index (κ2) is 14.9. The van der Waals surface area contributed by atoms with E-state index in [1.54, 1.807) is 42.5 Å². The number of hydrogen-bond donors (Lipinski definition) is 7. The lowest BCUT2D eigenvalue weighted by Crippen LogP contribution is -2.54. The summed E-state index contributed by atoms with van der Waals surface area (Å²) in [5.74, 6) is -2.30. The Labute approximate surface area is 251 Å². The van der Waals surface area contributed by atoms with Crippen molar-refractivity contribution in [2.45, 2.75) is 44.8 Å². The minimum atomic E-state index is -3.80. The van der Waals surface area contributed by atoms with Crippen LogP contribution < -0.4 is 32.6 Å². The number of nitrogen functional groups attached to an aromatic ring is 2. The molecule has 0 aliphatic rings. The Kier molecular flexibility index (Phi) is 11.4. The van der Waals surface area contributed by atoms with E-state index in [0.717, 1.165) is 11.1 Å². The number of sulfonamides is 1. The van der Waals surface area contributed by atoms with Crippen molar-refractivity contribution in [2.24, 2.45) is 11.5 Å². The molecule has 3 aromatic carbocycles. The fourth-order valence-corrected chi connectivity index (χ4v) is 5.01. The SMILES string of the molecule is CCS(=O)(=O)N[C@H](Cc1ccc(-c2cccc(N)c2)cc1)C(=O)N[C@@H](CCC(N)=O)C(=O)NCc1ccc(C(=N)N)cc1. The quantitative estimate of drug-likeness (QED) is 0.0757. The van der Waals surface area contributed by atoms with Crippen molar-refractivity contribution in [3.05, 3.63) is 89.5 Å². The molecule has 228 valence electrons. The average Bonchev–Trinajstić information content (AvgIpc) is 2.98. The summed E-state index contributed by atoms with van der Waals surface area (Å²) in [6.45, 7) is 1.55. The molecule has 0 bridgehead atoms. The van der Waals surface area contributed by atoms with Crippen LogP contribution >= 0.6 is 0 Å². The van der Waals surface area contributed by atoms with Gasteiger partial charge >= 0.3 is 0 Å². The monoisotopic (exact) mass is 607 g/mol. The van der Waals surface area contributed by atoms with Crippen molar-refractivity contribution >= 4 is 39.3 Å². The Morgan fingerprint density at radius 2 is 1.51 bits per heavy atom. The zero-order chi connectivity index (χ0) is 31.6. The summed E-state index contributed by atoms with van der Waals surface area (Å²) in [7, 11) is -3.80. The van der Waals surface area contributed by atoms with Gasteiger partial charge in [0.2, 0.25) is 27.7 Å². The molecule has 0 fully saturated rings. The molecule has 3 aromatic rings. The van der Waals surface area contributed by atoms with Crippen molar-refractivity contribution in [2.75, 3.05) is 11.5 Å². The van der Waals surface area contributed by atoms with Crippen LogP contribution in [-0.4, -0.2) is 49.8 Å². The predicted molar refractivity (Wildman–Crippen MR) is 166 cm³/mol. The smallest absolute Gasteiger partial charge is 0.242 e. The molecule has 3 rings (SSSR count). The van der Waals surface area contributed by atoms with E-state index in [1.165, 1.54) is 6.92 Å². The van der Waals surface area contributed by atoms with Gasteiger partial charge in [-0.25, -0.2) is 13.1 Å². The van der Waals surface area contributed by atoms with Gasteiger partial charge in [0.15, 0.2) is 0 Å².